The van der Waals surface area contributed by atoms with Crippen LogP contribution in [0.25, 0.3) is 0 Å². The first-order valence-corrected chi connectivity index (χ1v) is 8.08. The second-order valence-electron chi connectivity index (χ2n) is 4.98. The van der Waals surface area contributed by atoms with Gasteiger partial charge in [-0.1, -0.05) is 17.7 Å². The molecule has 0 saturated heterocycles. The van der Waals surface area contributed by atoms with Gasteiger partial charge >= 0.3 is 0 Å². The summed E-state index contributed by atoms with van der Waals surface area (Å²) in [5.74, 6) is 1.27. The molecule has 1 unspecified atom stereocenters. The molecule has 21 heavy (non-hydrogen) atoms. The molecule has 1 aromatic heterocycles. The largest absolute Gasteiger partial charge is 0.492 e. The summed E-state index contributed by atoms with van der Waals surface area (Å²) in [4.78, 5) is 6.59. The van der Waals surface area contributed by atoms with Gasteiger partial charge in [-0.3, -0.25) is 0 Å². The van der Waals surface area contributed by atoms with Crippen LogP contribution < -0.4 is 9.46 Å². The SMILES string of the molecule is Cc1ccc(OCC(C)NS(=O)(=O)c2cnc(C)[nH]2)cc1. The molecule has 2 rings (SSSR count). The summed E-state index contributed by atoms with van der Waals surface area (Å²) >= 11 is 0. The Hall–Kier alpha value is -1.86. The highest BCUT2D eigenvalue weighted by atomic mass is 32.2. The predicted molar refractivity (Wildman–Crippen MR) is 79.8 cm³/mol. The molecule has 1 aromatic carbocycles. The number of sulfonamides is 1. The number of aromatic amines is 1. The maximum absolute atomic E-state index is 12.1. The van der Waals surface area contributed by atoms with Crippen molar-refractivity contribution in [1.82, 2.24) is 14.7 Å². The Morgan fingerprint density at radius 2 is 1.95 bits per heavy atom. The zero-order valence-electron chi connectivity index (χ0n) is 12.3. The maximum Gasteiger partial charge on any atom is 0.257 e. The van der Waals surface area contributed by atoms with Crippen LogP contribution in [0.5, 0.6) is 5.75 Å². The number of rotatable bonds is 6. The fourth-order valence-corrected chi connectivity index (χ4v) is 2.95. The van der Waals surface area contributed by atoms with Crippen molar-refractivity contribution in [1.29, 1.82) is 0 Å². The number of hydrogen-bond donors (Lipinski definition) is 2. The monoisotopic (exact) mass is 309 g/mol. The molecule has 0 amide bonds. The van der Waals surface area contributed by atoms with Crippen LogP contribution in [0.15, 0.2) is 35.5 Å². The van der Waals surface area contributed by atoms with Gasteiger partial charge in [-0.05, 0) is 32.9 Å². The maximum atomic E-state index is 12.1. The lowest BCUT2D eigenvalue weighted by molar-refractivity contribution is 0.287. The van der Waals surface area contributed by atoms with E-state index >= 15 is 0 Å². The van der Waals surface area contributed by atoms with Crippen molar-refractivity contribution in [2.75, 3.05) is 6.61 Å². The van der Waals surface area contributed by atoms with Crippen LogP contribution in [0.4, 0.5) is 0 Å². The third kappa shape index (κ3) is 4.30. The molecule has 0 aliphatic rings. The molecule has 1 heterocycles. The normalized spacial score (nSPS) is 13.1. The summed E-state index contributed by atoms with van der Waals surface area (Å²) in [6.07, 6.45) is 1.30. The van der Waals surface area contributed by atoms with E-state index in [-0.39, 0.29) is 17.7 Å². The average Bonchev–Trinajstić information content (AvgIpc) is 2.85. The summed E-state index contributed by atoms with van der Waals surface area (Å²) in [6, 6.07) is 7.23. The quantitative estimate of drug-likeness (QED) is 0.852. The van der Waals surface area contributed by atoms with Gasteiger partial charge in [-0.25, -0.2) is 18.1 Å². The van der Waals surface area contributed by atoms with Crippen LogP contribution in [0, 0.1) is 13.8 Å². The molecule has 0 radical (unpaired) electrons. The zero-order valence-corrected chi connectivity index (χ0v) is 13.1. The van der Waals surface area contributed by atoms with Crippen molar-refractivity contribution in [3.05, 3.63) is 41.9 Å². The van der Waals surface area contributed by atoms with Crippen molar-refractivity contribution in [3.8, 4) is 5.75 Å². The first-order chi connectivity index (χ1) is 9.87. The molecule has 2 N–H and O–H groups in total. The van der Waals surface area contributed by atoms with Crippen molar-refractivity contribution in [2.45, 2.75) is 31.8 Å². The van der Waals surface area contributed by atoms with Gasteiger partial charge in [-0.15, -0.1) is 0 Å². The first kappa shape index (κ1) is 15.5. The Morgan fingerprint density at radius 3 is 2.52 bits per heavy atom. The van der Waals surface area contributed by atoms with Crippen molar-refractivity contribution in [2.24, 2.45) is 0 Å². The van der Waals surface area contributed by atoms with Gasteiger partial charge in [0.1, 0.15) is 18.2 Å². The highest BCUT2D eigenvalue weighted by molar-refractivity contribution is 7.89. The van der Waals surface area contributed by atoms with Gasteiger partial charge in [0.25, 0.3) is 10.0 Å². The molecule has 0 spiro atoms. The molecule has 0 aliphatic carbocycles. The van der Waals surface area contributed by atoms with Crippen molar-refractivity contribution < 1.29 is 13.2 Å². The van der Waals surface area contributed by atoms with Gasteiger partial charge in [0.2, 0.25) is 0 Å². The Morgan fingerprint density at radius 1 is 1.29 bits per heavy atom. The summed E-state index contributed by atoms with van der Waals surface area (Å²) in [5.41, 5.74) is 1.14. The van der Waals surface area contributed by atoms with E-state index in [0.29, 0.717) is 11.6 Å². The number of nitrogens with one attached hydrogen (secondary N) is 2. The number of aromatic nitrogens is 2. The summed E-state index contributed by atoms with van der Waals surface area (Å²) in [5, 5.41) is 0.0576. The van der Waals surface area contributed by atoms with E-state index < -0.39 is 10.0 Å². The highest BCUT2D eigenvalue weighted by Crippen LogP contribution is 2.12. The number of H-pyrrole nitrogens is 1. The lowest BCUT2D eigenvalue weighted by atomic mass is 10.2. The number of hydrogen-bond acceptors (Lipinski definition) is 4. The van der Waals surface area contributed by atoms with E-state index in [1.165, 1.54) is 6.20 Å². The van der Waals surface area contributed by atoms with E-state index in [0.717, 1.165) is 5.56 Å². The molecular weight excluding hydrogens is 290 g/mol. The Balaban J connectivity index is 1.92. The molecular formula is C14H19N3O3S. The third-order valence-electron chi connectivity index (χ3n) is 2.85. The zero-order chi connectivity index (χ0) is 15.5. The van der Waals surface area contributed by atoms with Crippen LogP contribution in [-0.2, 0) is 10.0 Å². The minimum absolute atomic E-state index is 0.0576. The Kier molecular flexibility index (Phi) is 4.64. The lowest BCUT2D eigenvalue weighted by Gasteiger charge is -2.14. The van der Waals surface area contributed by atoms with E-state index in [9.17, 15) is 8.42 Å². The van der Waals surface area contributed by atoms with Crippen LogP contribution in [0.1, 0.15) is 18.3 Å². The molecule has 6 nitrogen and oxygen atoms in total. The lowest BCUT2D eigenvalue weighted by Crippen LogP contribution is -2.36. The number of aryl methyl sites for hydroxylation is 2. The van der Waals surface area contributed by atoms with Crippen molar-refractivity contribution in [3.63, 3.8) is 0 Å². The summed E-state index contributed by atoms with van der Waals surface area (Å²) in [6.45, 7) is 5.68. The van der Waals surface area contributed by atoms with Crippen molar-refractivity contribution >= 4 is 10.0 Å². The van der Waals surface area contributed by atoms with Gasteiger partial charge in [-0.2, -0.15) is 0 Å². The minimum atomic E-state index is -3.60. The molecule has 0 saturated carbocycles. The van der Waals surface area contributed by atoms with Crippen LogP contribution in [0.2, 0.25) is 0 Å². The van der Waals surface area contributed by atoms with Gasteiger partial charge in [0, 0.05) is 0 Å². The van der Waals surface area contributed by atoms with E-state index in [1.807, 2.05) is 31.2 Å². The third-order valence-corrected chi connectivity index (χ3v) is 4.35. The Bertz CT molecular complexity index is 693. The molecule has 0 fully saturated rings. The number of ether oxygens (including phenoxy) is 1. The van der Waals surface area contributed by atoms with E-state index in [4.69, 9.17) is 4.74 Å². The molecule has 0 aliphatic heterocycles. The number of imidazole rings is 1. The van der Waals surface area contributed by atoms with E-state index in [2.05, 4.69) is 14.7 Å². The smallest absolute Gasteiger partial charge is 0.257 e. The van der Waals surface area contributed by atoms with Gasteiger partial charge < -0.3 is 9.72 Å². The molecule has 7 heteroatoms. The number of benzene rings is 1. The van der Waals surface area contributed by atoms with Crippen LogP contribution in [-0.4, -0.2) is 31.0 Å². The molecule has 0 bridgehead atoms. The van der Waals surface area contributed by atoms with Crippen LogP contribution in [0.3, 0.4) is 0 Å². The standard InChI is InChI=1S/C14H19N3O3S/c1-10-4-6-13(7-5-10)20-9-11(2)17-21(18,19)14-8-15-12(3)16-14/h4-8,11,17H,9H2,1-3H3,(H,15,16). The average molecular weight is 309 g/mol. The second kappa shape index (κ2) is 6.28. The fourth-order valence-electron chi connectivity index (χ4n) is 1.75. The van der Waals surface area contributed by atoms with Crippen LogP contribution >= 0.6 is 0 Å². The topological polar surface area (TPSA) is 84.1 Å². The Labute approximate surface area is 124 Å². The molecule has 114 valence electrons. The van der Waals surface area contributed by atoms with Gasteiger partial charge in [0.15, 0.2) is 5.03 Å². The minimum Gasteiger partial charge on any atom is -0.492 e. The van der Waals surface area contributed by atoms with E-state index in [1.54, 1.807) is 13.8 Å². The summed E-state index contributed by atoms with van der Waals surface area (Å²) < 4.78 is 32.2. The van der Waals surface area contributed by atoms with Gasteiger partial charge in [0.05, 0.1) is 12.2 Å². The predicted octanol–water partition coefficient (Wildman–Crippen LogP) is 1.77. The first-order valence-electron chi connectivity index (χ1n) is 6.60. The molecule has 2 aromatic rings. The second-order valence-corrected chi connectivity index (χ2v) is 6.66. The summed E-state index contributed by atoms with van der Waals surface area (Å²) in [7, 11) is -3.60. The number of nitrogens with zero attached hydrogens (tertiary/aromatic N) is 1. The fraction of sp³-hybridized carbons (Fsp3) is 0.357. The highest BCUT2D eigenvalue weighted by Gasteiger charge is 2.19. The molecule has 1 atom stereocenters.